The van der Waals surface area contributed by atoms with Gasteiger partial charge in [0.05, 0.1) is 19.3 Å². The van der Waals surface area contributed by atoms with Crippen LogP contribution in [-0.2, 0) is 0 Å². The SMILES string of the molecule is COc1cc(C)cc(C)c1C(=O)NCCO. The first-order chi connectivity index (χ1) is 7.60. The van der Waals surface area contributed by atoms with Gasteiger partial charge in [0.15, 0.2) is 0 Å². The van der Waals surface area contributed by atoms with Crippen LogP contribution < -0.4 is 10.1 Å². The van der Waals surface area contributed by atoms with Crippen molar-refractivity contribution in [2.45, 2.75) is 13.8 Å². The molecule has 1 amide bonds. The van der Waals surface area contributed by atoms with Crippen LogP contribution in [0.3, 0.4) is 0 Å². The van der Waals surface area contributed by atoms with Crippen LogP contribution in [0.25, 0.3) is 0 Å². The molecule has 1 aromatic carbocycles. The Bertz CT molecular complexity index is 388. The average Bonchev–Trinajstić information content (AvgIpc) is 2.24. The van der Waals surface area contributed by atoms with Gasteiger partial charge < -0.3 is 15.2 Å². The number of aryl methyl sites for hydroxylation is 2. The van der Waals surface area contributed by atoms with E-state index in [9.17, 15) is 4.79 Å². The number of ether oxygens (including phenoxy) is 1. The molecule has 16 heavy (non-hydrogen) atoms. The zero-order valence-corrected chi connectivity index (χ0v) is 9.83. The summed E-state index contributed by atoms with van der Waals surface area (Å²) < 4.78 is 5.18. The van der Waals surface area contributed by atoms with E-state index >= 15 is 0 Å². The molecule has 0 aliphatic rings. The lowest BCUT2D eigenvalue weighted by Crippen LogP contribution is -2.27. The van der Waals surface area contributed by atoms with Crippen molar-refractivity contribution < 1.29 is 14.6 Å². The fourth-order valence-electron chi connectivity index (χ4n) is 1.64. The van der Waals surface area contributed by atoms with Crippen molar-refractivity contribution >= 4 is 5.91 Å². The maximum absolute atomic E-state index is 11.8. The molecule has 4 heteroatoms. The van der Waals surface area contributed by atoms with Gasteiger partial charge in [0.2, 0.25) is 0 Å². The lowest BCUT2D eigenvalue weighted by Gasteiger charge is -2.12. The standard InChI is InChI=1S/C12H17NO3/c1-8-6-9(2)11(10(7-8)16-3)12(15)13-4-5-14/h6-7,14H,4-5H2,1-3H3,(H,13,15). The molecule has 0 atom stereocenters. The molecule has 0 saturated heterocycles. The summed E-state index contributed by atoms with van der Waals surface area (Å²) in [5.74, 6) is 0.344. The number of methoxy groups -OCH3 is 1. The normalized spacial score (nSPS) is 10.0. The molecule has 0 aliphatic carbocycles. The summed E-state index contributed by atoms with van der Waals surface area (Å²) in [5.41, 5.74) is 2.45. The third-order valence-corrected chi connectivity index (χ3v) is 2.29. The number of rotatable bonds is 4. The summed E-state index contributed by atoms with van der Waals surface area (Å²) in [6.07, 6.45) is 0. The van der Waals surface area contributed by atoms with E-state index in [1.807, 2.05) is 26.0 Å². The molecule has 88 valence electrons. The van der Waals surface area contributed by atoms with E-state index in [0.29, 0.717) is 11.3 Å². The smallest absolute Gasteiger partial charge is 0.255 e. The largest absolute Gasteiger partial charge is 0.496 e. The van der Waals surface area contributed by atoms with E-state index < -0.39 is 0 Å². The molecule has 0 radical (unpaired) electrons. The first kappa shape index (κ1) is 12.5. The Labute approximate surface area is 95.2 Å². The highest BCUT2D eigenvalue weighted by atomic mass is 16.5. The molecule has 0 fully saturated rings. The van der Waals surface area contributed by atoms with Crippen LogP contribution in [0.15, 0.2) is 12.1 Å². The number of amides is 1. The monoisotopic (exact) mass is 223 g/mol. The molecule has 0 heterocycles. The van der Waals surface area contributed by atoms with Gasteiger partial charge in [0.25, 0.3) is 5.91 Å². The fraction of sp³-hybridized carbons (Fsp3) is 0.417. The van der Waals surface area contributed by atoms with Gasteiger partial charge in [-0.05, 0) is 31.0 Å². The third kappa shape index (κ3) is 2.73. The summed E-state index contributed by atoms with van der Waals surface area (Å²) in [4.78, 5) is 11.8. The molecule has 0 bridgehead atoms. The first-order valence-electron chi connectivity index (χ1n) is 5.14. The Morgan fingerprint density at radius 3 is 2.69 bits per heavy atom. The Balaban J connectivity index is 3.06. The van der Waals surface area contributed by atoms with Crippen molar-refractivity contribution in [2.75, 3.05) is 20.3 Å². The Morgan fingerprint density at radius 1 is 1.44 bits per heavy atom. The Morgan fingerprint density at radius 2 is 2.12 bits per heavy atom. The molecular formula is C12H17NO3. The number of hydrogen-bond donors (Lipinski definition) is 2. The van der Waals surface area contributed by atoms with Gasteiger partial charge in [-0.1, -0.05) is 6.07 Å². The summed E-state index contributed by atoms with van der Waals surface area (Å²) in [5, 5.41) is 11.3. The first-order valence-corrected chi connectivity index (χ1v) is 5.14. The summed E-state index contributed by atoms with van der Waals surface area (Å²) in [6, 6.07) is 3.75. The van der Waals surface area contributed by atoms with E-state index in [0.717, 1.165) is 11.1 Å². The summed E-state index contributed by atoms with van der Waals surface area (Å²) >= 11 is 0. The van der Waals surface area contributed by atoms with E-state index in [1.54, 1.807) is 0 Å². The minimum absolute atomic E-state index is 0.0705. The Hall–Kier alpha value is -1.55. The highest BCUT2D eigenvalue weighted by molar-refractivity contribution is 5.98. The second kappa shape index (κ2) is 5.51. The number of benzene rings is 1. The molecule has 0 aromatic heterocycles. The number of carbonyl (C=O) groups excluding carboxylic acids is 1. The molecule has 1 rings (SSSR count). The predicted octanol–water partition coefficient (Wildman–Crippen LogP) is 1.03. The predicted molar refractivity (Wildman–Crippen MR) is 61.9 cm³/mol. The molecule has 2 N–H and O–H groups in total. The molecule has 4 nitrogen and oxygen atoms in total. The van der Waals surface area contributed by atoms with Crippen LogP contribution in [0.5, 0.6) is 5.75 Å². The second-order valence-corrected chi connectivity index (χ2v) is 3.64. The van der Waals surface area contributed by atoms with Crippen molar-refractivity contribution in [1.29, 1.82) is 0 Å². The van der Waals surface area contributed by atoms with Gasteiger partial charge in [-0.2, -0.15) is 0 Å². The topological polar surface area (TPSA) is 58.6 Å². The second-order valence-electron chi connectivity index (χ2n) is 3.64. The van der Waals surface area contributed by atoms with Crippen LogP contribution in [0.1, 0.15) is 21.5 Å². The van der Waals surface area contributed by atoms with Crippen molar-refractivity contribution in [1.82, 2.24) is 5.32 Å². The van der Waals surface area contributed by atoms with Crippen LogP contribution in [-0.4, -0.2) is 31.3 Å². The fourth-order valence-corrected chi connectivity index (χ4v) is 1.64. The highest BCUT2D eigenvalue weighted by Gasteiger charge is 2.15. The van der Waals surface area contributed by atoms with E-state index in [-0.39, 0.29) is 19.1 Å². The molecule has 0 unspecified atom stereocenters. The molecular weight excluding hydrogens is 206 g/mol. The van der Waals surface area contributed by atoms with Gasteiger partial charge >= 0.3 is 0 Å². The van der Waals surface area contributed by atoms with Crippen LogP contribution in [0, 0.1) is 13.8 Å². The van der Waals surface area contributed by atoms with Gasteiger partial charge in [-0.15, -0.1) is 0 Å². The van der Waals surface area contributed by atoms with Crippen LogP contribution in [0.4, 0.5) is 0 Å². The average molecular weight is 223 g/mol. The number of aliphatic hydroxyl groups excluding tert-OH is 1. The zero-order chi connectivity index (χ0) is 12.1. The molecule has 0 aliphatic heterocycles. The number of nitrogens with one attached hydrogen (secondary N) is 1. The molecule has 0 spiro atoms. The molecule has 0 saturated carbocycles. The van der Waals surface area contributed by atoms with Crippen molar-refractivity contribution in [3.63, 3.8) is 0 Å². The van der Waals surface area contributed by atoms with Gasteiger partial charge in [0.1, 0.15) is 5.75 Å². The number of carbonyl (C=O) groups is 1. The van der Waals surface area contributed by atoms with E-state index in [1.165, 1.54) is 7.11 Å². The highest BCUT2D eigenvalue weighted by Crippen LogP contribution is 2.23. The minimum atomic E-state index is -0.219. The van der Waals surface area contributed by atoms with Crippen LogP contribution in [0.2, 0.25) is 0 Å². The summed E-state index contributed by atoms with van der Waals surface area (Å²) in [7, 11) is 1.54. The van der Waals surface area contributed by atoms with Crippen molar-refractivity contribution in [3.05, 3.63) is 28.8 Å². The van der Waals surface area contributed by atoms with E-state index in [2.05, 4.69) is 5.32 Å². The lowest BCUT2D eigenvalue weighted by atomic mass is 10.0. The van der Waals surface area contributed by atoms with Crippen molar-refractivity contribution in [2.24, 2.45) is 0 Å². The molecule has 1 aromatic rings. The minimum Gasteiger partial charge on any atom is -0.496 e. The van der Waals surface area contributed by atoms with E-state index in [4.69, 9.17) is 9.84 Å². The number of aliphatic hydroxyl groups is 1. The van der Waals surface area contributed by atoms with Crippen LogP contribution >= 0.6 is 0 Å². The van der Waals surface area contributed by atoms with Gasteiger partial charge in [-0.25, -0.2) is 0 Å². The van der Waals surface area contributed by atoms with Gasteiger partial charge in [-0.3, -0.25) is 4.79 Å². The summed E-state index contributed by atoms with van der Waals surface area (Å²) in [6.45, 7) is 3.99. The number of hydrogen-bond acceptors (Lipinski definition) is 3. The maximum Gasteiger partial charge on any atom is 0.255 e. The zero-order valence-electron chi connectivity index (χ0n) is 9.83. The van der Waals surface area contributed by atoms with Gasteiger partial charge in [0, 0.05) is 6.54 Å². The third-order valence-electron chi connectivity index (χ3n) is 2.29. The lowest BCUT2D eigenvalue weighted by molar-refractivity contribution is 0.0941. The maximum atomic E-state index is 11.8. The Kier molecular flexibility index (Phi) is 4.31. The quantitative estimate of drug-likeness (QED) is 0.801. The van der Waals surface area contributed by atoms with Crippen molar-refractivity contribution in [3.8, 4) is 5.75 Å².